The first-order chi connectivity index (χ1) is 6.81. The number of ketones is 1. The summed E-state index contributed by atoms with van der Waals surface area (Å²) >= 11 is 3.11. The fourth-order valence-electron chi connectivity index (χ4n) is 1.26. The Labute approximate surface area is 90.1 Å². The highest BCUT2D eigenvalue weighted by atomic mass is 79.9. The Hall–Kier alpha value is -1.03. The molecule has 3 nitrogen and oxygen atoms in total. The average molecular weight is 257 g/mol. The van der Waals surface area contributed by atoms with E-state index in [1.807, 2.05) is 18.2 Å². The molecule has 1 aromatic carbocycles. The SMILES string of the molecule is O=C(CBr)[C@@H]1COc2ccccc2O1. The second kappa shape index (κ2) is 4.00. The van der Waals surface area contributed by atoms with Crippen LogP contribution >= 0.6 is 15.9 Å². The Morgan fingerprint density at radius 2 is 2.14 bits per heavy atom. The normalized spacial score (nSPS) is 19.1. The summed E-state index contributed by atoms with van der Waals surface area (Å²) in [5.74, 6) is 1.34. The molecule has 1 aliphatic rings. The van der Waals surface area contributed by atoms with Gasteiger partial charge < -0.3 is 9.47 Å². The van der Waals surface area contributed by atoms with Crippen LogP contribution in [0.15, 0.2) is 24.3 Å². The summed E-state index contributed by atoms with van der Waals surface area (Å²) in [6.07, 6.45) is -0.482. The van der Waals surface area contributed by atoms with Gasteiger partial charge in [-0.25, -0.2) is 0 Å². The molecule has 0 radical (unpaired) electrons. The summed E-state index contributed by atoms with van der Waals surface area (Å²) in [4.78, 5) is 11.3. The van der Waals surface area contributed by atoms with Crippen LogP contribution in [0.2, 0.25) is 0 Å². The molecule has 0 spiro atoms. The van der Waals surface area contributed by atoms with Crippen LogP contribution in [0.4, 0.5) is 0 Å². The number of carbonyl (C=O) groups is 1. The number of para-hydroxylation sites is 2. The van der Waals surface area contributed by atoms with Gasteiger partial charge in [0, 0.05) is 0 Å². The van der Waals surface area contributed by atoms with Crippen molar-refractivity contribution in [3.8, 4) is 11.5 Å². The van der Waals surface area contributed by atoms with Gasteiger partial charge in [-0.1, -0.05) is 28.1 Å². The van der Waals surface area contributed by atoms with Crippen molar-refractivity contribution in [3.63, 3.8) is 0 Å². The lowest BCUT2D eigenvalue weighted by atomic mass is 10.2. The standard InChI is InChI=1S/C10H9BrO3/c11-5-7(12)10-6-13-8-3-1-2-4-9(8)14-10/h1-4,10H,5-6H2/t10-/m0/s1. The van der Waals surface area contributed by atoms with Gasteiger partial charge in [-0.05, 0) is 12.1 Å². The third-order valence-corrected chi connectivity index (χ3v) is 2.55. The first kappa shape index (κ1) is 9.52. The first-order valence-corrected chi connectivity index (χ1v) is 5.40. The highest BCUT2D eigenvalue weighted by Gasteiger charge is 2.25. The fraction of sp³-hybridized carbons (Fsp3) is 0.300. The number of hydrogen-bond donors (Lipinski definition) is 0. The summed E-state index contributed by atoms with van der Waals surface area (Å²) in [6.45, 7) is 0.293. The molecule has 1 atom stereocenters. The van der Waals surface area contributed by atoms with Crippen molar-refractivity contribution in [1.29, 1.82) is 0 Å². The molecule has 0 fully saturated rings. The van der Waals surface area contributed by atoms with E-state index in [-0.39, 0.29) is 5.78 Å². The van der Waals surface area contributed by atoms with Crippen LogP contribution in [0.25, 0.3) is 0 Å². The van der Waals surface area contributed by atoms with Crippen LogP contribution < -0.4 is 9.47 Å². The Morgan fingerprint density at radius 3 is 2.86 bits per heavy atom. The van der Waals surface area contributed by atoms with Gasteiger partial charge in [-0.3, -0.25) is 4.79 Å². The minimum Gasteiger partial charge on any atom is -0.485 e. The summed E-state index contributed by atoms with van der Waals surface area (Å²) in [7, 11) is 0. The molecule has 0 aliphatic carbocycles. The highest BCUT2D eigenvalue weighted by molar-refractivity contribution is 9.09. The molecule has 1 aliphatic heterocycles. The largest absolute Gasteiger partial charge is 0.485 e. The number of hydrogen-bond acceptors (Lipinski definition) is 3. The molecule has 4 heteroatoms. The van der Waals surface area contributed by atoms with E-state index in [1.165, 1.54) is 0 Å². The number of benzene rings is 1. The zero-order valence-corrected chi connectivity index (χ0v) is 8.99. The molecule has 0 saturated heterocycles. The number of ether oxygens (including phenoxy) is 2. The van der Waals surface area contributed by atoms with E-state index in [9.17, 15) is 4.79 Å². The first-order valence-electron chi connectivity index (χ1n) is 4.28. The fourth-order valence-corrected chi connectivity index (χ4v) is 1.63. The Balaban J connectivity index is 2.17. The van der Waals surface area contributed by atoms with Crippen molar-refractivity contribution in [2.45, 2.75) is 6.10 Å². The molecule has 0 N–H and O–H groups in total. The van der Waals surface area contributed by atoms with Gasteiger partial charge in [0.1, 0.15) is 6.61 Å². The van der Waals surface area contributed by atoms with Gasteiger partial charge in [-0.15, -0.1) is 0 Å². The maximum atomic E-state index is 11.3. The van der Waals surface area contributed by atoms with Crippen LogP contribution in [0.1, 0.15) is 0 Å². The van der Waals surface area contributed by atoms with Crippen LogP contribution in [0.5, 0.6) is 11.5 Å². The zero-order valence-electron chi connectivity index (χ0n) is 7.40. The van der Waals surface area contributed by atoms with Crippen LogP contribution in [-0.2, 0) is 4.79 Å². The molecule has 0 unspecified atom stereocenters. The van der Waals surface area contributed by atoms with E-state index >= 15 is 0 Å². The Morgan fingerprint density at radius 1 is 1.43 bits per heavy atom. The zero-order chi connectivity index (χ0) is 9.97. The molecule has 0 bridgehead atoms. The Bertz CT molecular complexity index is 351. The lowest BCUT2D eigenvalue weighted by molar-refractivity contribution is -0.125. The number of rotatable bonds is 2. The highest BCUT2D eigenvalue weighted by Crippen LogP contribution is 2.30. The maximum Gasteiger partial charge on any atom is 0.191 e. The average Bonchev–Trinajstić information content (AvgIpc) is 2.27. The molecule has 0 aromatic heterocycles. The summed E-state index contributed by atoms with van der Waals surface area (Å²) in [5, 5.41) is 0.295. The van der Waals surface area contributed by atoms with E-state index in [2.05, 4.69) is 15.9 Å². The van der Waals surface area contributed by atoms with Gasteiger partial charge >= 0.3 is 0 Å². The predicted molar refractivity (Wildman–Crippen MR) is 55.2 cm³/mol. The molecule has 1 heterocycles. The second-order valence-electron chi connectivity index (χ2n) is 2.96. The van der Waals surface area contributed by atoms with Crippen LogP contribution in [0, 0.1) is 0 Å². The lowest BCUT2D eigenvalue weighted by Crippen LogP contribution is -2.37. The number of carbonyl (C=O) groups excluding carboxylic acids is 1. The van der Waals surface area contributed by atoms with Crippen molar-refractivity contribution >= 4 is 21.7 Å². The van der Waals surface area contributed by atoms with E-state index in [0.717, 1.165) is 0 Å². The number of halogens is 1. The van der Waals surface area contributed by atoms with Gasteiger partial charge in [0.05, 0.1) is 5.33 Å². The molecular formula is C10H9BrO3. The van der Waals surface area contributed by atoms with E-state index in [0.29, 0.717) is 23.4 Å². The molecular weight excluding hydrogens is 248 g/mol. The third-order valence-electron chi connectivity index (χ3n) is 2.00. The summed E-state index contributed by atoms with van der Waals surface area (Å²) < 4.78 is 10.9. The molecule has 0 saturated carbocycles. The van der Waals surface area contributed by atoms with Crippen molar-refractivity contribution in [1.82, 2.24) is 0 Å². The molecule has 14 heavy (non-hydrogen) atoms. The van der Waals surface area contributed by atoms with Gasteiger partial charge in [-0.2, -0.15) is 0 Å². The van der Waals surface area contributed by atoms with Crippen LogP contribution in [-0.4, -0.2) is 23.8 Å². The van der Waals surface area contributed by atoms with E-state index in [1.54, 1.807) is 6.07 Å². The minimum atomic E-state index is -0.482. The third kappa shape index (κ3) is 1.75. The smallest absolute Gasteiger partial charge is 0.191 e. The van der Waals surface area contributed by atoms with Crippen LogP contribution in [0.3, 0.4) is 0 Å². The number of fused-ring (bicyclic) bond motifs is 1. The molecule has 0 amide bonds. The van der Waals surface area contributed by atoms with Gasteiger partial charge in [0.15, 0.2) is 23.4 Å². The van der Waals surface area contributed by atoms with E-state index < -0.39 is 6.10 Å². The molecule has 2 rings (SSSR count). The minimum absolute atomic E-state index is 0.000460. The van der Waals surface area contributed by atoms with Crippen molar-refractivity contribution in [2.24, 2.45) is 0 Å². The van der Waals surface area contributed by atoms with Gasteiger partial charge in [0.25, 0.3) is 0 Å². The van der Waals surface area contributed by atoms with Gasteiger partial charge in [0.2, 0.25) is 0 Å². The quantitative estimate of drug-likeness (QED) is 0.758. The second-order valence-corrected chi connectivity index (χ2v) is 3.52. The topological polar surface area (TPSA) is 35.5 Å². The lowest BCUT2D eigenvalue weighted by Gasteiger charge is -2.24. The maximum absolute atomic E-state index is 11.3. The monoisotopic (exact) mass is 256 g/mol. The van der Waals surface area contributed by atoms with E-state index in [4.69, 9.17) is 9.47 Å². The summed E-state index contributed by atoms with van der Waals surface area (Å²) in [6, 6.07) is 7.34. The van der Waals surface area contributed by atoms with Crippen molar-refractivity contribution < 1.29 is 14.3 Å². The number of Topliss-reactive ketones (excluding diaryl/α,β-unsaturated/α-hetero) is 1. The molecule has 74 valence electrons. The van der Waals surface area contributed by atoms with Crippen molar-refractivity contribution in [2.75, 3.05) is 11.9 Å². The molecule has 1 aromatic rings. The summed E-state index contributed by atoms with van der Waals surface area (Å²) in [5.41, 5.74) is 0. The van der Waals surface area contributed by atoms with Crippen molar-refractivity contribution in [3.05, 3.63) is 24.3 Å². The predicted octanol–water partition coefficient (Wildman–Crippen LogP) is 1.79. The number of alkyl halides is 1. The Kier molecular flexibility index (Phi) is 2.72.